The summed E-state index contributed by atoms with van der Waals surface area (Å²) in [5.41, 5.74) is 0.520. The normalized spacial score (nSPS) is 11.3. The average molecular weight is 310 g/mol. The highest BCUT2D eigenvalue weighted by molar-refractivity contribution is 5.98. The Morgan fingerprint density at radius 3 is 2.57 bits per heavy atom. The van der Waals surface area contributed by atoms with Gasteiger partial charge in [0.15, 0.2) is 5.69 Å². The van der Waals surface area contributed by atoms with Crippen molar-refractivity contribution in [3.05, 3.63) is 54.1 Å². The molecular formula is C16H12N3O4-. The van der Waals surface area contributed by atoms with E-state index >= 15 is 0 Å². The molecule has 0 saturated heterocycles. The highest BCUT2D eigenvalue weighted by atomic mass is 16.3. The quantitative estimate of drug-likeness (QED) is 0.723. The van der Waals surface area contributed by atoms with Crippen molar-refractivity contribution in [2.45, 2.75) is 6.73 Å². The minimum absolute atomic E-state index is 0.0615. The molecule has 1 heterocycles. The summed E-state index contributed by atoms with van der Waals surface area (Å²) >= 11 is 0. The molecular weight excluding hydrogens is 298 g/mol. The van der Waals surface area contributed by atoms with E-state index in [1.807, 2.05) is 0 Å². The molecule has 0 aliphatic heterocycles. The predicted molar refractivity (Wildman–Crippen MR) is 80.6 cm³/mol. The van der Waals surface area contributed by atoms with Gasteiger partial charge in [-0.15, -0.1) is 10.2 Å². The number of rotatable bonds is 3. The smallest absolute Gasteiger partial charge is 0.294 e. The van der Waals surface area contributed by atoms with E-state index in [4.69, 9.17) is 0 Å². The van der Waals surface area contributed by atoms with Crippen LogP contribution in [0.4, 0.5) is 5.69 Å². The fourth-order valence-corrected chi connectivity index (χ4v) is 2.31. The number of benzene rings is 2. The van der Waals surface area contributed by atoms with Gasteiger partial charge in [-0.05, 0) is 12.1 Å². The van der Waals surface area contributed by atoms with Crippen LogP contribution >= 0.6 is 0 Å². The summed E-state index contributed by atoms with van der Waals surface area (Å²) in [5.74, 6) is -1.55. The number of aliphatic hydroxyl groups excluding tert-OH is 1. The molecule has 0 bridgehead atoms. The molecule has 0 spiro atoms. The van der Waals surface area contributed by atoms with Gasteiger partial charge in [-0.2, -0.15) is 0 Å². The molecule has 0 saturated carbocycles. The molecule has 0 atom stereocenters. The maximum absolute atomic E-state index is 12.0. The summed E-state index contributed by atoms with van der Waals surface area (Å²) in [7, 11) is 0. The molecule has 0 aliphatic rings. The predicted octanol–water partition coefficient (Wildman–Crippen LogP) is 2.29. The Labute approximate surface area is 130 Å². The van der Waals surface area contributed by atoms with E-state index in [0.29, 0.717) is 10.9 Å². The van der Waals surface area contributed by atoms with Gasteiger partial charge in [-0.3, -0.25) is 9.36 Å². The number of hydrogen-bond donors (Lipinski definition) is 2. The van der Waals surface area contributed by atoms with Gasteiger partial charge in [0, 0.05) is 10.9 Å². The largest absolute Gasteiger partial charge is 0.872 e. The molecule has 0 aliphatic carbocycles. The fraction of sp³-hybridized carbons (Fsp3) is 0.0625. The number of aromatic nitrogens is 1. The van der Waals surface area contributed by atoms with Gasteiger partial charge >= 0.3 is 0 Å². The first kappa shape index (κ1) is 14.7. The molecule has 0 radical (unpaired) electrons. The molecule has 1 amide bonds. The zero-order chi connectivity index (χ0) is 16.4. The Kier molecular flexibility index (Phi) is 3.78. The number of fused-ring (bicyclic) bond motifs is 1. The first-order valence-corrected chi connectivity index (χ1v) is 6.76. The minimum atomic E-state index is -0.796. The van der Waals surface area contributed by atoms with Crippen molar-refractivity contribution in [2.24, 2.45) is 10.2 Å². The third-order valence-electron chi connectivity index (χ3n) is 3.42. The van der Waals surface area contributed by atoms with Crippen LogP contribution < -0.4 is 5.11 Å². The lowest BCUT2D eigenvalue weighted by Gasteiger charge is -2.08. The second-order valence-corrected chi connectivity index (χ2v) is 4.76. The summed E-state index contributed by atoms with van der Waals surface area (Å²) in [6, 6.07) is 12.6. The van der Waals surface area contributed by atoms with Crippen molar-refractivity contribution in [3.8, 4) is 11.6 Å². The SMILES string of the molecule is O=C(N=Nc1c(O)n(CO)c2ccccc12)c1ccccc1[O-]. The molecule has 0 unspecified atom stereocenters. The van der Waals surface area contributed by atoms with Gasteiger partial charge in [-0.1, -0.05) is 42.1 Å². The summed E-state index contributed by atoms with van der Waals surface area (Å²) < 4.78 is 1.23. The first-order chi connectivity index (χ1) is 11.1. The van der Waals surface area contributed by atoms with Gasteiger partial charge < -0.3 is 15.3 Å². The second-order valence-electron chi connectivity index (χ2n) is 4.76. The lowest BCUT2D eigenvalue weighted by atomic mass is 10.2. The zero-order valence-electron chi connectivity index (χ0n) is 11.9. The Morgan fingerprint density at radius 1 is 1.13 bits per heavy atom. The van der Waals surface area contributed by atoms with Crippen LogP contribution in [-0.2, 0) is 6.73 Å². The summed E-state index contributed by atoms with van der Waals surface area (Å²) in [5, 5.41) is 38.9. The van der Waals surface area contributed by atoms with Crippen molar-refractivity contribution < 1.29 is 20.1 Å². The van der Waals surface area contributed by atoms with E-state index in [1.165, 1.54) is 22.8 Å². The van der Waals surface area contributed by atoms with Crippen LogP contribution in [0.15, 0.2) is 58.8 Å². The maximum Gasteiger partial charge on any atom is 0.294 e. The van der Waals surface area contributed by atoms with E-state index in [1.54, 1.807) is 30.3 Å². The van der Waals surface area contributed by atoms with Gasteiger partial charge in [-0.25, -0.2) is 0 Å². The first-order valence-electron chi connectivity index (χ1n) is 6.76. The Hall–Kier alpha value is -3.19. The van der Waals surface area contributed by atoms with Crippen molar-refractivity contribution in [1.82, 2.24) is 4.57 Å². The number of carbonyl (C=O) groups is 1. The monoisotopic (exact) mass is 310 g/mol. The van der Waals surface area contributed by atoms with Gasteiger partial charge in [0.25, 0.3) is 5.91 Å². The highest BCUT2D eigenvalue weighted by Crippen LogP contribution is 2.38. The second kappa shape index (κ2) is 5.90. The summed E-state index contributed by atoms with van der Waals surface area (Å²) in [6.07, 6.45) is 0. The minimum Gasteiger partial charge on any atom is -0.872 e. The molecule has 23 heavy (non-hydrogen) atoms. The van der Waals surface area contributed by atoms with E-state index in [-0.39, 0.29) is 17.1 Å². The van der Waals surface area contributed by atoms with E-state index in [9.17, 15) is 20.1 Å². The maximum atomic E-state index is 12.0. The molecule has 2 aromatic carbocycles. The third-order valence-corrected chi connectivity index (χ3v) is 3.42. The lowest BCUT2D eigenvalue weighted by Crippen LogP contribution is -2.01. The van der Waals surface area contributed by atoms with Crippen molar-refractivity contribution in [1.29, 1.82) is 0 Å². The number of amides is 1. The highest BCUT2D eigenvalue weighted by Gasteiger charge is 2.16. The van der Waals surface area contributed by atoms with Crippen LogP contribution in [0.3, 0.4) is 0 Å². The van der Waals surface area contributed by atoms with E-state index < -0.39 is 18.4 Å². The standard InChI is InChI=1S/C16H13N3O4/c20-9-19-12-7-3-1-5-10(12)14(16(19)23)17-18-15(22)11-6-2-4-8-13(11)21/h1-8,20-21,23H,9H2/p-1. The van der Waals surface area contributed by atoms with Crippen LogP contribution in [0.25, 0.3) is 10.9 Å². The Morgan fingerprint density at radius 2 is 1.83 bits per heavy atom. The molecule has 3 rings (SSSR count). The molecule has 1 aromatic heterocycles. The topological polar surface area (TPSA) is 110 Å². The van der Waals surface area contributed by atoms with Crippen LogP contribution in [0.5, 0.6) is 11.6 Å². The number of nitrogens with zero attached hydrogens (tertiary/aromatic N) is 3. The molecule has 2 N–H and O–H groups in total. The van der Waals surface area contributed by atoms with Crippen molar-refractivity contribution in [2.75, 3.05) is 0 Å². The zero-order valence-corrected chi connectivity index (χ0v) is 11.9. The number of carbonyl (C=O) groups excluding carboxylic acids is 1. The van der Waals surface area contributed by atoms with Crippen LogP contribution in [0, 0.1) is 0 Å². The van der Waals surface area contributed by atoms with Gasteiger partial charge in [0.1, 0.15) is 6.73 Å². The van der Waals surface area contributed by atoms with Gasteiger partial charge in [0.05, 0.1) is 5.52 Å². The number of azo groups is 1. The van der Waals surface area contributed by atoms with Gasteiger partial charge in [0.2, 0.25) is 5.88 Å². The molecule has 7 nitrogen and oxygen atoms in total. The average Bonchev–Trinajstić information content (AvgIpc) is 2.84. The number of hydrogen-bond acceptors (Lipinski definition) is 5. The number of para-hydroxylation sites is 2. The summed E-state index contributed by atoms with van der Waals surface area (Å²) in [4.78, 5) is 12.0. The number of aromatic hydroxyl groups is 1. The number of aliphatic hydroxyl groups is 1. The molecule has 0 fully saturated rings. The van der Waals surface area contributed by atoms with E-state index in [2.05, 4.69) is 10.2 Å². The molecule has 3 aromatic rings. The van der Waals surface area contributed by atoms with Crippen molar-refractivity contribution >= 4 is 22.5 Å². The Balaban J connectivity index is 2.03. The Bertz CT molecular complexity index is 915. The van der Waals surface area contributed by atoms with Crippen LogP contribution in [-0.4, -0.2) is 20.7 Å². The lowest BCUT2D eigenvalue weighted by molar-refractivity contribution is -0.268. The molecule has 7 heteroatoms. The fourth-order valence-electron chi connectivity index (χ4n) is 2.31. The third kappa shape index (κ3) is 2.53. The molecule has 116 valence electrons. The summed E-state index contributed by atoms with van der Waals surface area (Å²) in [6.45, 7) is -0.445. The van der Waals surface area contributed by atoms with E-state index in [0.717, 1.165) is 0 Å². The van der Waals surface area contributed by atoms with Crippen LogP contribution in [0.1, 0.15) is 10.4 Å². The van der Waals surface area contributed by atoms with Crippen molar-refractivity contribution in [3.63, 3.8) is 0 Å². The van der Waals surface area contributed by atoms with Crippen LogP contribution in [0.2, 0.25) is 0 Å².